The Balaban J connectivity index is 1.82. The first-order chi connectivity index (χ1) is 10.7. The zero-order valence-corrected chi connectivity index (χ0v) is 13.8. The zero-order valence-electron chi connectivity index (χ0n) is 13.0. The van der Waals surface area contributed by atoms with E-state index in [4.69, 9.17) is 0 Å². The lowest BCUT2D eigenvalue weighted by atomic mass is 10.0. The molecule has 116 valence electrons. The third kappa shape index (κ3) is 2.90. The standard InChI is InChI=1S/C17H21N3OS/c1-3-15(22-17-18-10-12-19(17)2)16(21)20-11-6-8-13-7-4-5-9-14(13)20/h4-5,7,9-10,12,15H,3,6,8,11H2,1-2H3. The number of aryl methyl sites for hydroxylation is 2. The zero-order chi connectivity index (χ0) is 15.5. The highest BCUT2D eigenvalue weighted by Gasteiger charge is 2.29. The summed E-state index contributed by atoms with van der Waals surface area (Å²) in [6.45, 7) is 2.88. The molecule has 1 aromatic heterocycles. The van der Waals surface area contributed by atoms with Crippen LogP contribution >= 0.6 is 11.8 Å². The third-order valence-electron chi connectivity index (χ3n) is 4.05. The molecule has 22 heavy (non-hydrogen) atoms. The maximum Gasteiger partial charge on any atom is 0.240 e. The monoisotopic (exact) mass is 315 g/mol. The van der Waals surface area contributed by atoms with Crippen LogP contribution in [0.1, 0.15) is 25.3 Å². The molecule has 0 N–H and O–H groups in total. The molecule has 2 heterocycles. The predicted molar refractivity (Wildman–Crippen MR) is 90.3 cm³/mol. The maximum atomic E-state index is 13.0. The van der Waals surface area contributed by atoms with Crippen molar-refractivity contribution in [2.45, 2.75) is 36.6 Å². The van der Waals surface area contributed by atoms with Crippen LogP contribution in [0.2, 0.25) is 0 Å². The number of imidazole rings is 1. The van der Waals surface area contributed by atoms with Crippen molar-refractivity contribution in [2.24, 2.45) is 7.05 Å². The van der Waals surface area contributed by atoms with Gasteiger partial charge in [-0.2, -0.15) is 0 Å². The fraction of sp³-hybridized carbons (Fsp3) is 0.412. The molecule has 1 aliphatic rings. The Hall–Kier alpha value is -1.75. The van der Waals surface area contributed by atoms with Gasteiger partial charge in [-0.15, -0.1) is 0 Å². The molecule has 5 heteroatoms. The molecule has 4 nitrogen and oxygen atoms in total. The van der Waals surface area contributed by atoms with E-state index in [9.17, 15) is 4.79 Å². The lowest BCUT2D eigenvalue weighted by molar-refractivity contribution is -0.118. The van der Waals surface area contributed by atoms with E-state index in [1.54, 1.807) is 18.0 Å². The largest absolute Gasteiger partial charge is 0.329 e. The van der Waals surface area contributed by atoms with Crippen LogP contribution in [0.4, 0.5) is 5.69 Å². The topological polar surface area (TPSA) is 38.1 Å². The Labute approximate surface area is 135 Å². The number of rotatable bonds is 4. The molecule has 1 atom stereocenters. The number of carbonyl (C=O) groups excluding carboxylic acids is 1. The van der Waals surface area contributed by atoms with Crippen LogP contribution in [-0.4, -0.2) is 27.3 Å². The Kier molecular flexibility index (Phi) is 4.52. The number of hydrogen-bond donors (Lipinski definition) is 0. The maximum absolute atomic E-state index is 13.0. The fourth-order valence-corrected chi connectivity index (χ4v) is 3.84. The van der Waals surface area contributed by atoms with Crippen molar-refractivity contribution in [3.63, 3.8) is 0 Å². The van der Waals surface area contributed by atoms with Gasteiger partial charge in [-0.3, -0.25) is 4.79 Å². The average molecular weight is 315 g/mol. The number of nitrogens with zero attached hydrogens (tertiary/aromatic N) is 3. The molecule has 1 aromatic carbocycles. The molecule has 0 spiro atoms. The van der Waals surface area contributed by atoms with Gasteiger partial charge in [0, 0.05) is 31.7 Å². The second-order valence-corrected chi connectivity index (χ2v) is 6.73. The first-order valence-electron chi connectivity index (χ1n) is 7.74. The summed E-state index contributed by atoms with van der Waals surface area (Å²) in [6, 6.07) is 8.25. The summed E-state index contributed by atoms with van der Waals surface area (Å²) in [5.41, 5.74) is 2.36. The van der Waals surface area contributed by atoms with Gasteiger partial charge >= 0.3 is 0 Å². The quantitative estimate of drug-likeness (QED) is 0.813. The van der Waals surface area contributed by atoms with E-state index < -0.39 is 0 Å². The van der Waals surface area contributed by atoms with Crippen LogP contribution < -0.4 is 4.90 Å². The first kappa shape index (κ1) is 15.2. The molecular weight excluding hydrogens is 294 g/mol. The van der Waals surface area contributed by atoms with Gasteiger partial charge in [0.15, 0.2) is 5.16 Å². The molecule has 0 saturated heterocycles. The van der Waals surface area contributed by atoms with Crippen LogP contribution in [0.5, 0.6) is 0 Å². The second-order valence-electron chi connectivity index (χ2n) is 5.56. The van der Waals surface area contributed by atoms with E-state index in [-0.39, 0.29) is 11.2 Å². The van der Waals surface area contributed by atoms with Crippen molar-refractivity contribution in [1.82, 2.24) is 9.55 Å². The van der Waals surface area contributed by atoms with E-state index in [0.717, 1.165) is 36.7 Å². The molecule has 0 aliphatic carbocycles. The van der Waals surface area contributed by atoms with E-state index in [2.05, 4.69) is 24.0 Å². The van der Waals surface area contributed by atoms with Gasteiger partial charge in [-0.1, -0.05) is 36.9 Å². The van der Waals surface area contributed by atoms with Crippen LogP contribution in [0.25, 0.3) is 0 Å². The smallest absolute Gasteiger partial charge is 0.240 e. The van der Waals surface area contributed by atoms with Crippen LogP contribution in [-0.2, 0) is 18.3 Å². The molecule has 0 radical (unpaired) electrons. The Morgan fingerprint density at radius 1 is 1.41 bits per heavy atom. The summed E-state index contributed by atoms with van der Waals surface area (Å²) < 4.78 is 1.96. The summed E-state index contributed by atoms with van der Waals surface area (Å²) in [5.74, 6) is 0.197. The summed E-state index contributed by atoms with van der Waals surface area (Å²) in [5, 5.41) is 0.803. The third-order valence-corrected chi connectivity index (χ3v) is 5.47. The average Bonchev–Trinajstić information content (AvgIpc) is 2.96. The highest BCUT2D eigenvalue weighted by Crippen LogP contribution is 2.31. The van der Waals surface area contributed by atoms with E-state index in [0.29, 0.717) is 0 Å². The number of para-hydroxylation sites is 1. The second kappa shape index (κ2) is 6.57. The number of benzene rings is 1. The minimum Gasteiger partial charge on any atom is -0.329 e. The Morgan fingerprint density at radius 2 is 2.23 bits per heavy atom. The van der Waals surface area contributed by atoms with Crippen LogP contribution in [0.15, 0.2) is 41.8 Å². The summed E-state index contributed by atoms with van der Waals surface area (Å²) in [4.78, 5) is 19.3. The molecule has 1 amide bonds. The first-order valence-corrected chi connectivity index (χ1v) is 8.62. The van der Waals surface area contributed by atoms with Crippen molar-refractivity contribution in [2.75, 3.05) is 11.4 Å². The van der Waals surface area contributed by atoms with Gasteiger partial charge in [0.2, 0.25) is 5.91 Å². The van der Waals surface area contributed by atoms with Crippen LogP contribution in [0, 0.1) is 0 Å². The molecular formula is C17H21N3OS. The highest BCUT2D eigenvalue weighted by atomic mass is 32.2. The van der Waals surface area contributed by atoms with Gasteiger partial charge in [-0.05, 0) is 30.9 Å². The number of amides is 1. The molecule has 0 bridgehead atoms. The van der Waals surface area contributed by atoms with Gasteiger partial charge in [-0.25, -0.2) is 4.98 Å². The number of hydrogen-bond acceptors (Lipinski definition) is 3. The van der Waals surface area contributed by atoms with E-state index in [1.807, 2.05) is 34.8 Å². The number of fused-ring (bicyclic) bond motifs is 1. The number of thioether (sulfide) groups is 1. The molecule has 1 aliphatic heterocycles. The van der Waals surface area contributed by atoms with E-state index >= 15 is 0 Å². The number of carbonyl (C=O) groups is 1. The number of anilines is 1. The van der Waals surface area contributed by atoms with Gasteiger partial charge < -0.3 is 9.47 Å². The molecule has 1 unspecified atom stereocenters. The molecule has 0 saturated carbocycles. The van der Waals surface area contributed by atoms with Crippen molar-refractivity contribution < 1.29 is 4.79 Å². The predicted octanol–water partition coefficient (Wildman–Crippen LogP) is 3.27. The molecule has 3 rings (SSSR count). The van der Waals surface area contributed by atoms with Crippen molar-refractivity contribution in [1.29, 1.82) is 0 Å². The fourth-order valence-electron chi connectivity index (χ4n) is 2.84. The van der Waals surface area contributed by atoms with E-state index in [1.165, 1.54) is 5.56 Å². The normalized spacial score (nSPS) is 15.5. The Morgan fingerprint density at radius 3 is 2.95 bits per heavy atom. The highest BCUT2D eigenvalue weighted by molar-refractivity contribution is 8.00. The summed E-state index contributed by atoms with van der Waals surface area (Å²) >= 11 is 1.56. The molecule has 2 aromatic rings. The molecule has 0 fully saturated rings. The lowest BCUT2D eigenvalue weighted by Crippen LogP contribution is -2.41. The number of aromatic nitrogens is 2. The minimum absolute atomic E-state index is 0.0905. The van der Waals surface area contributed by atoms with Gasteiger partial charge in [0.05, 0.1) is 5.25 Å². The van der Waals surface area contributed by atoms with Gasteiger partial charge in [0.25, 0.3) is 0 Å². The van der Waals surface area contributed by atoms with Gasteiger partial charge in [0.1, 0.15) is 0 Å². The SMILES string of the molecule is CCC(Sc1nccn1C)C(=O)N1CCCc2ccccc21. The van der Waals surface area contributed by atoms with Crippen molar-refractivity contribution in [3.8, 4) is 0 Å². The lowest BCUT2D eigenvalue weighted by Gasteiger charge is -2.31. The Bertz CT molecular complexity index is 667. The summed E-state index contributed by atoms with van der Waals surface area (Å²) in [6.07, 6.45) is 6.58. The summed E-state index contributed by atoms with van der Waals surface area (Å²) in [7, 11) is 1.96. The minimum atomic E-state index is -0.0905. The van der Waals surface area contributed by atoms with Crippen molar-refractivity contribution >= 4 is 23.4 Å². The van der Waals surface area contributed by atoms with Crippen molar-refractivity contribution in [3.05, 3.63) is 42.2 Å². The van der Waals surface area contributed by atoms with Crippen LogP contribution in [0.3, 0.4) is 0 Å².